The first kappa shape index (κ1) is 21.5. The topological polar surface area (TPSA) is 119 Å². The Labute approximate surface area is 188 Å². The molecule has 9 nitrogen and oxygen atoms in total. The zero-order chi connectivity index (χ0) is 22.7. The molecule has 1 aromatic carbocycles. The number of nitro benzene ring substituents is 1. The molecular formula is C22H19ClN4O5. The summed E-state index contributed by atoms with van der Waals surface area (Å²) >= 11 is 6.14. The van der Waals surface area contributed by atoms with Gasteiger partial charge >= 0.3 is 0 Å². The van der Waals surface area contributed by atoms with Crippen molar-refractivity contribution in [3.63, 3.8) is 0 Å². The van der Waals surface area contributed by atoms with Crippen LogP contribution in [0.5, 0.6) is 0 Å². The maximum Gasteiger partial charge on any atom is 0.287 e. The molecule has 0 spiro atoms. The molecule has 0 radical (unpaired) electrons. The Bertz CT molecular complexity index is 1160. The minimum absolute atomic E-state index is 0.0483. The minimum atomic E-state index is -0.535. The SMILES string of the molecule is O=C(NC1CCN(C(=O)c2ccncc2)CC1)c1ccc(-c2ccc([N+](=O)[O-])cc2Cl)o1. The Morgan fingerprint density at radius 3 is 2.50 bits per heavy atom. The van der Waals surface area contributed by atoms with Crippen molar-refractivity contribution in [2.75, 3.05) is 13.1 Å². The number of rotatable bonds is 5. The molecule has 0 unspecified atom stereocenters. The van der Waals surface area contributed by atoms with Crippen molar-refractivity contribution in [1.29, 1.82) is 0 Å². The Morgan fingerprint density at radius 2 is 1.84 bits per heavy atom. The lowest BCUT2D eigenvalue weighted by Crippen LogP contribution is -2.46. The zero-order valence-electron chi connectivity index (χ0n) is 16.9. The fourth-order valence-corrected chi connectivity index (χ4v) is 3.85. The molecule has 0 saturated carbocycles. The van der Waals surface area contributed by atoms with E-state index in [-0.39, 0.29) is 34.3 Å². The number of furan rings is 1. The molecule has 4 rings (SSSR count). The summed E-state index contributed by atoms with van der Waals surface area (Å²) < 4.78 is 5.63. The quantitative estimate of drug-likeness (QED) is 0.460. The smallest absolute Gasteiger partial charge is 0.287 e. The standard InChI is InChI=1S/C22H19ClN4O5/c23-18-13-16(27(30)31)1-2-17(18)19-3-4-20(32-19)21(28)25-15-7-11-26(12-8-15)22(29)14-5-9-24-10-6-14/h1-6,9-10,13,15H,7-8,11-12H2,(H,25,28). The van der Waals surface area contributed by atoms with Gasteiger partial charge in [-0.2, -0.15) is 0 Å². The molecule has 1 aliphatic rings. The number of non-ortho nitro benzene ring substituents is 1. The second-order valence-electron chi connectivity index (χ2n) is 7.36. The van der Waals surface area contributed by atoms with E-state index in [0.717, 1.165) is 0 Å². The maximum atomic E-state index is 12.6. The number of likely N-dealkylation sites (tertiary alicyclic amines) is 1. The lowest BCUT2D eigenvalue weighted by molar-refractivity contribution is -0.384. The number of amides is 2. The van der Waals surface area contributed by atoms with E-state index in [1.54, 1.807) is 35.5 Å². The Hall–Kier alpha value is -3.72. The third-order valence-electron chi connectivity index (χ3n) is 5.30. The van der Waals surface area contributed by atoms with E-state index in [9.17, 15) is 19.7 Å². The van der Waals surface area contributed by atoms with E-state index >= 15 is 0 Å². The number of carbonyl (C=O) groups excluding carboxylic acids is 2. The van der Waals surface area contributed by atoms with E-state index in [2.05, 4.69) is 10.3 Å². The highest BCUT2D eigenvalue weighted by molar-refractivity contribution is 6.33. The average Bonchev–Trinajstić information content (AvgIpc) is 3.30. The van der Waals surface area contributed by atoms with Gasteiger partial charge in [-0.05, 0) is 43.2 Å². The largest absolute Gasteiger partial charge is 0.451 e. The van der Waals surface area contributed by atoms with Crippen LogP contribution in [-0.2, 0) is 0 Å². The van der Waals surface area contributed by atoms with Gasteiger partial charge in [0, 0.05) is 54.8 Å². The van der Waals surface area contributed by atoms with Gasteiger partial charge in [-0.15, -0.1) is 0 Å². The van der Waals surface area contributed by atoms with Gasteiger partial charge in [-0.1, -0.05) is 11.6 Å². The third kappa shape index (κ3) is 4.62. The van der Waals surface area contributed by atoms with Gasteiger partial charge in [0.2, 0.25) is 0 Å². The van der Waals surface area contributed by atoms with Crippen LogP contribution in [0.25, 0.3) is 11.3 Å². The predicted octanol–water partition coefficient (Wildman–Crippen LogP) is 3.94. The Balaban J connectivity index is 1.35. The Morgan fingerprint density at radius 1 is 1.12 bits per heavy atom. The van der Waals surface area contributed by atoms with E-state index in [1.807, 2.05) is 0 Å². The molecule has 0 bridgehead atoms. The van der Waals surface area contributed by atoms with Crippen LogP contribution in [0, 0.1) is 10.1 Å². The first-order chi connectivity index (χ1) is 15.4. The summed E-state index contributed by atoms with van der Waals surface area (Å²) in [5, 5.41) is 14.0. The monoisotopic (exact) mass is 454 g/mol. The minimum Gasteiger partial charge on any atom is -0.451 e. The summed E-state index contributed by atoms with van der Waals surface area (Å²) in [6.45, 7) is 1.07. The van der Waals surface area contributed by atoms with Crippen LogP contribution in [0.3, 0.4) is 0 Å². The van der Waals surface area contributed by atoms with Crippen LogP contribution >= 0.6 is 11.6 Å². The summed E-state index contributed by atoms with van der Waals surface area (Å²) in [5.41, 5.74) is 0.923. The fraction of sp³-hybridized carbons (Fsp3) is 0.227. The maximum absolute atomic E-state index is 12.6. The number of piperidine rings is 1. The highest BCUT2D eigenvalue weighted by Gasteiger charge is 2.26. The van der Waals surface area contributed by atoms with Crippen molar-refractivity contribution in [1.82, 2.24) is 15.2 Å². The molecule has 1 aliphatic heterocycles. The van der Waals surface area contributed by atoms with E-state index in [0.29, 0.717) is 42.8 Å². The van der Waals surface area contributed by atoms with E-state index in [4.69, 9.17) is 16.0 Å². The van der Waals surface area contributed by atoms with Gasteiger partial charge < -0.3 is 14.6 Å². The summed E-state index contributed by atoms with van der Waals surface area (Å²) in [4.78, 5) is 41.1. The van der Waals surface area contributed by atoms with E-state index < -0.39 is 4.92 Å². The number of carbonyl (C=O) groups is 2. The molecule has 2 aromatic heterocycles. The highest BCUT2D eigenvalue weighted by atomic mass is 35.5. The van der Waals surface area contributed by atoms with Gasteiger partial charge in [0.1, 0.15) is 5.76 Å². The van der Waals surface area contributed by atoms with Crippen molar-refractivity contribution in [3.05, 3.63) is 81.3 Å². The highest BCUT2D eigenvalue weighted by Crippen LogP contribution is 2.32. The molecule has 1 saturated heterocycles. The van der Waals surface area contributed by atoms with Gasteiger partial charge in [0.15, 0.2) is 5.76 Å². The van der Waals surface area contributed by atoms with Crippen LogP contribution in [0.4, 0.5) is 5.69 Å². The molecule has 3 heterocycles. The van der Waals surface area contributed by atoms with Gasteiger partial charge in [-0.3, -0.25) is 24.7 Å². The molecule has 32 heavy (non-hydrogen) atoms. The van der Waals surface area contributed by atoms with Crippen molar-refractivity contribution in [3.8, 4) is 11.3 Å². The van der Waals surface area contributed by atoms with Crippen LogP contribution < -0.4 is 5.32 Å². The lowest BCUT2D eigenvalue weighted by atomic mass is 10.0. The second-order valence-corrected chi connectivity index (χ2v) is 7.77. The van der Waals surface area contributed by atoms with Crippen molar-refractivity contribution in [2.24, 2.45) is 0 Å². The van der Waals surface area contributed by atoms with Gasteiger partial charge in [0.25, 0.3) is 17.5 Å². The number of nitrogens with one attached hydrogen (secondary N) is 1. The number of nitrogens with zero attached hydrogens (tertiary/aromatic N) is 3. The van der Waals surface area contributed by atoms with Crippen LogP contribution in [0.1, 0.15) is 33.8 Å². The van der Waals surface area contributed by atoms with Crippen molar-refractivity contribution < 1.29 is 18.9 Å². The Kier molecular flexibility index (Phi) is 6.18. The summed E-state index contributed by atoms with van der Waals surface area (Å²) in [6, 6.07) is 10.5. The van der Waals surface area contributed by atoms with Crippen molar-refractivity contribution >= 4 is 29.1 Å². The molecule has 1 fully saturated rings. The molecule has 1 N–H and O–H groups in total. The van der Waals surface area contributed by atoms with Crippen LogP contribution in [-0.4, -0.2) is 45.8 Å². The summed E-state index contributed by atoms with van der Waals surface area (Å²) in [7, 11) is 0. The number of benzene rings is 1. The number of hydrogen-bond acceptors (Lipinski definition) is 6. The molecule has 3 aromatic rings. The molecule has 2 amide bonds. The summed E-state index contributed by atoms with van der Waals surface area (Å²) in [6.07, 6.45) is 4.43. The fourth-order valence-electron chi connectivity index (χ4n) is 3.58. The molecule has 0 aliphatic carbocycles. The third-order valence-corrected chi connectivity index (χ3v) is 5.62. The predicted molar refractivity (Wildman–Crippen MR) is 116 cm³/mol. The number of pyridine rings is 1. The normalized spacial score (nSPS) is 14.2. The lowest BCUT2D eigenvalue weighted by Gasteiger charge is -2.32. The first-order valence-electron chi connectivity index (χ1n) is 9.96. The second kappa shape index (κ2) is 9.19. The van der Waals surface area contributed by atoms with Crippen molar-refractivity contribution in [2.45, 2.75) is 18.9 Å². The average molecular weight is 455 g/mol. The first-order valence-corrected chi connectivity index (χ1v) is 10.3. The van der Waals surface area contributed by atoms with Gasteiger partial charge in [-0.25, -0.2) is 0 Å². The number of hydrogen-bond donors (Lipinski definition) is 1. The summed E-state index contributed by atoms with van der Waals surface area (Å²) in [5.74, 6) is 0.0403. The molecule has 10 heteroatoms. The number of halogens is 1. The zero-order valence-corrected chi connectivity index (χ0v) is 17.6. The van der Waals surface area contributed by atoms with Crippen LogP contribution in [0.2, 0.25) is 5.02 Å². The number of aromatic nitrogens is 1. The molecule has 0 atom stereocenters. The molecule has 164 valence electrons. The molecular weight excluding hydrogens is 436 g/mol. The van der Waals surface area contributed by atoms with Gasteiger partial charge in [0.05, 0.1) is 9.95 Å². The number of nitro groups is 1. The van der Waals surface area contributed by atoms with Crippen LogP contribution in [0.15, 0.2) is 59.3 Å². The van der Waals surface area contributed by atoms with E-state index in [1.165, 1.54) is 24.3 Å².